The molecule has 3 heteroatoms. The average Bonchev–Trinajstić information content (AvgIpc) is 3.22. The molecule has 1 N–H and O–H groups in total. The molecule has 0 spiro atoms. The maximum atomic E-state index is 6.13. The molecule has 0 bridgehead atoms. The fraction of sp³-hybridized carbons (Fsp3) is 0.625. The fourth-order valence-electron chi connectivity index (χ4n) is 2.81. The normalized spacial score (nSPS) is 23.4. The zero-order valence-corrected chi connectivity index (χ0v) is 13.1. The summed E-state index contributed by atoms with van der Waals surface area (Å²) < 4.78 is 7.24. The fourth-order valence-corrected chi connectivity index (χ4v) is 3.52. The molecule has 1 heterocycles. The molecular weight excluding hydrogens is 302 g/mol. The lowest BCUT2D eigenvalue weighted by atomic mass is 9.90. The molecule has 1 aliphatic heterocycles. The molecule has 0 radical (unpaired) electrons. The zero-order chi connectivity index (χ0) is 13.2. The molecule has 1 unspecified atom stereocenters. The monoisotopic (exact) mass is 323 g/mol. The summed E-state index contributed by atoms with van der Waals surface area (Å²) in [4.78, 5) is 0. The van der Waals surface area contributed by atoms with Crippen LogP contribution in [0.1, 0.15) is 42.7 Å². The van der Waals surface area contributed by atoms with E-state index in [-0.39, 0.29) is 0 Å². The largest absolute Gasteiger partial charge is 0.492 e. The number of aryl methyl sites for hydroxylation is 1. The van der Waals surface area contributed by atoms with E-state index >= 15 is 0 Å². The minimum absolute atomic E-state index is 0.596. The van der Waals surface area contributed by atoms with Gasteiger partial charge in [0.25, 0.3) is 0 Å². The quantitative estimate of drug-likeness (QED) is 0.903. The summed E-state index contributed by atoms with van der Waals surface area (Å²) in [7, 11) is 0. The first-order valence-electron chi connectivity index (χ1n) is 7.37. The maximum Gasteiger partial charge on any atom is 0.137 e. The molecule has 1 saturated heterocycles. The van der Waals surface area contributed by atoms with Crippen LogP contribution in [0.5, 0.6) is 5.75 Å². The smallest absolute Gasteiger partial charge is 0.137 e. The highest BCUT2D eigenvalue weighted by atomic mass is 79.9. The summed E-state index contributed by atoms with van der Waals surface area (Å²) >= 11 is 3.69. The van der Waals surface area contributed by atoms with E-state index in [0.717, 1.165) is 35.8 Å². The van der Waals surface area contributed by atoms with Crippen molar-refractivity contribution >= 4 is 15.9 Å². The molecule has 19 heavy (non-hydrogen) atoms. The molecule has 2 nitrogen and oxygen atoms in total. The molecule has 1 saturated carbocycles. The van der Waals surface area contributed by atoms with E-state index in [1.807, 2.05) is 0 Å². The summed E-state index contributed by atoms with van der Waals surface area (Å²) in [5.41, 5.74) is 2.70. The van der Waals surface area contributed by atoms with E-state index in [2.05, 4.69) is 40.3 Å². The lowest BCUT2D eigenvalue weighted by Crippen LogP contribution is -2.28. The number of ether oxygens (including phenoxy) is 1. The van der Waals surface area contributed by atoms with Gasteiger partial charge in [-0.25, -0.2) is 0 Å². The highest BCUT2D eigenvalue weighted by molar-refractivity contribution is 9.10. The lowest BCUT2D eigenvalue weighted by Gasteiger charge is -2.26. The molecule has 1 aliphatic carbocycles. The van der Waals surface area contributed by atoms with Gasteiger partial charge in [0.05, 0.1) is 11.1 Å². The van der Waals surface area contributed by atoms with Crippen LogP contribution in [0.25, 0.3) is 0 Å². The van der Waals surface area contributed by atoms with Gasteiger partial charge in [-0.1, -0.05) is 6.07 Å². The summed E-state index contributed by atoms with van der Waals surface area (Å²) in [5, 5.41) is 3.51. The third kappa shape index (κ3) is 3.32. The highest BCUT2D eigenvalue weighted by Gasteiger charge is 2.25. The van der Waals surface area contributed by atoms with Crippen molar-refractivity contribution in [2.75, 3.05) is 19.7 Å². The van der Waals surface area contributed by atoms with Crippen molar-refractivity contribution in [2.45, 2.75) is 38.5 Å². The Bertz CT molecular complexity index is 450. The molecule has 1 aromatic carbocycles. The van der Waals surface area contributed by atoms with Crippen LogP contribution in [0.15, 0.2) is 16.6 Å². The summed E-state index contributed by atoms with van der Waals surface area (Å²) in [6.45, 7) is 5.28. The van der Waals surface area contributed by atoms with Crippen molar-refractivity contribution < 1.29 is 4.74 Å². The number of piperidine rings is 1. The van der Waals surface area contributed by atoms with Crippen molar-refractivity contribution in [3.63, 3.8) is 0 Å². The number of halogens is 1. The van der Waals surface area contributed by atoms with Gasteiger partial charge in [0.15, 0.2) is 0 Å². The Kier molecular flexibility index (Phi) is 4.13. The van der Waals surface area contributed by atoms with Crippen LogP contribution in [-0.2, 0) is 0 Å². The molecule has 0 amide bonds. The van der Waals surface area contributed by atoms with Gasteiger partial charge < -0.3 is 10.1 Å². The van der Waals surface area contributed by atoms with Crippen LogP contribution in [0.2, 0.25) is 0 Å². The second-order valence-electron chi connectivity index (χ2n) is 5.96. The Hall–Kier alpha value is -0.540. The van der Waals surface area contributed by atoms with Gasteiger partial charge in [-0.3, -0.25) is 0 Å². The van der Waals surface area contributed by atoms with Crippen molar-refractivity contribution in [2.24, 2.45) is 5.92 Å². The molecule has 104 valence electrons. The summed E-state index contributed by atoms with van der Waals surface area (Å²) in [5.74, 6) is 2.48. The number of benzene rings is 1. The van der Waals surface area contributed by atoms with Crippen LogP contribution < -0.4 is 10.1 Å². The number of hydrogen-bond acceptors (Lipinski definition) is 2. The van der Waals surface area contributed by atoms with Gasteiger partial charge in [-0.05, 0) is 78.2 Å². The molecule has 1 aromatic rings. The topological polar surface area (TPSA) is 21.3 Å². The highest BCUT2D eigenvalue weighted by Crippen LogP contribution is 2.39. The van der Waals surface area contributed by atoms with Crippen LogP contribution in [-0.4, -0.2) is 19.7 Å². The van der Waals surface area contributed by atoms with Crippen LogP contribution in [0.4, 0.5) is 0 Å². The second kappa shape index (κ2) is 5.84. The van der Waals surface area contributed by atoms with Crippen LogP contribution >= 0.6 is 15.9 Å². The van der Waals surface area contributed by atoms with Crippen molar-refractivity contribution in [3.05, 3.63) is 27.7 Å². The Morgan fingerprint density at radius 3 is 2.84 bits per heavy atom. The van der Waals surface area contributed by atoms with E-state index in [4.69, 9.17) is 4.74 Å². The number of nitrogens with one attached hydrogen (secondary N) is 1. The van der Waals surface area contributed by atoms with Gasteiger partial charge >= 0.3 is 0 Å². The summed E-state index contributed by atoms with van der Waals surface area (Å²) in [6, 6.07) is 4.48. The van der Waals surface area contributed by atoms with E-state index in [9.17, 15) is 0 Å². The van der Waals surface area contributed by atoms with Gasteiger partial charge in [0, 0.05) is 12.5 Å². The Labute approximate surface area is 124 Å². The predicted molar refractivity (Wildman–Crippen MR) is 81.9 cm³/mol. The molecule has 2 aliphatic rings. The molecular formula is C16H22BrNO. The minimum atomic E-state index is 0.596. The average molecular weight is 324 g/mol. The third-order valence-electron chi connectivity index (χ3n) is 4.11. The SMILES string of the molecule is Cc1cc(Br)c(OCC2CC2)c(C2CCCNC2)c1. The van der Waals surface area contributed by atoms with E-state index in [1.165, 1.54) is 36.8 Å². The molecule has 1 atom stereocenters. The van der Waals surface area contributed by atoms with Crippen LogP contribution in [0, 0.1) is 12.8 Å². The van der Waals surface area contributed by atoms with Gasteiger partial charge in [0.1, 0.15) is 5.75 Å². The minimum Gasteiger partial charge on any atom is -0.492 e. The Morgan fingerprint density at radius 2 is 2.16 bits per heavy atom. The molecule has 0 aromatic heterocycles. The zero-order valence-electron chi connectivity index (χ0n) is 11.5. The summed E-state index contributed by atoms with van der Waals surface area (Å²) in [6.07, 6.45) is 5.20. The van der Waals surface area contributed by atoms with Crippen molar-refractivity contribution in [1.82, 2.24) is 5.32 Å². The number of hydrogen-bond donors (Lipinski definition) is 1. The van der Waals surface area contributed by atoms with E-state index in [1.54, 1.807) is 0 Å². The van der Waals surface area contributed by atoms with Gasteiger partial charge in [-0.15, -0.1) is 0 Å². The van der Waals surface area contributed by atoms with Crippen LogP contribution in [0.3, 0.4) is 0 Å². The Morgan fingerprint density at radius 1 is 1.32 bits per heavy atom. The maximum absolute atomic E-state index is 6.13. The first-order chi connectivity index (χ1) is 9.24. The van der Waals surface area contributed by atoms with Crippen molar-refractivity contribution in [3.8, 4) is 5.75 Å². The van der Waals surface area contributed by atoms with Gasteiger partial charge in [0.2, 0.25) is 0 Å². The Balaban J connectivity index is 1.85. The lowest BCUT2D eigenvalue weighted by molar-refractivity contribution is 0.290. The number of rotatable bonds is 4. The molecule has 3 rings (SSSR count). The third-order valence-corrected chi connectivity index (χ3v) is 4.70. The molecule has 2 fully saturated rings. The van der Waals surface area contributed by atoms with Crippen molar-refractivity contribution in [1.29, 1.82) is 0 Å². The standard InChI is InChI=1S/C16H22BrNO/c1-11-7-14(13-3-2-6-18-9-13)16(15(17)8-11)19-10-12-4-5-12/h7-8,12-13,18H,2-6,9-10H2,1H3. The van der Waals surface area contributed by atoms with E-state index in [0.29, 0.717) is 5.92 Å². The predicted octanol–water partition coefficient (Wildman–Crippen LogP) is 4.01. The second-order valence-corrected chi connectivity index (χ2v) is 6.82. The van der Waals surface area contributed by atoms with Gasteiger partial charge in [-0.2, -0.15) is 0 Å². The van der Waals surface area contributed by atoms with E-state index < -0.39 is 0 Å². The first kappa shape index (κ1) is 13.4. The first-order valence-corrected chi connectivity index (χ1v) is 8.17.